The van der Waals surface area contributed by atoms with Gasteiger partial charge in [-0.3, -0.25) is 10.1 Å². The summed E-state index contributed by atoms with van der Waals surface area (Å²) in [6.45, 7) is 1.88. The lowest BCUT2D eigenvalue weighted by atomic mass is 10.3. The molecule has 0 heterocycles. The fourth-order valence-electron chi connectivity index (χ4n) is 0.409. The van der Waals surface area contributed by atoms with E-state index in [1.54, 1.807) is 0 Å². The zero-order valence-corrected chi connectivity index (χ0v) is 5.99. The van der Waals surface area contributed by atoms with Crippen LogP contribution in [0.5, 0.6) is 0 Å². The number of carbonyl (C=O) groups excluding carboxylic acids is 1. The first kappa shape index (κ1) is 8.36. The van der Waals surface area contributed by atoms with Gasteiger partial charge in [-0.1, -0.05) is 6.92 Å². The van der Waals surface area contributed by atoms with Crippen molar-refractivity contribution in [1.29, 1.82) is 0 Å². The molecule has 0 aromatic carbocycles. The van der Waals surface area contributed by atoms with Crippen LogP contribution in [0.15, 0.2) is 0 Å². The summed E-state index contributed by atoms with van der Waals surface area (Å²) in [5.74, 6) is -0.231. The van der Waals surface area contributed by atoms with E-state index in [1.165, 1.54) is 0 Å². The van der Waals surface area contributed by atoms with Gasteiger partial charge in [0.25, 0.3) is 5.17 Å². The van der Waals surface area contributed by atoms with Gasteiger partial charge in [0.15, 0.2) is 0 Å². The summed E-state index contributed by atoms with van der Waals surface area (Å²) in [5.41, 5.74) is 0. The number of aliphatic hydroxyl groups is 1. The van der Waals surface area contributed by atoms with Gasteiger partial charge in [0.2, 0.25) is 5.91 Å². The van der Waals surface area contributed by atoms with Crippen molar-refractivity contribution in [2.75, 3.05) is 0 Å². The van der Waals surface area contributed by atoms with Crippen LogP contribution in [0.4, 0.5) is 0 Å². The largest absolute Gasteiger partial charge is 0.486 e. The van der Waals surface area contributed by atoms with Crippen LogP contribution in [0.1, 0.15) is 19.8 Å². The molecule has 0 fully saturated rings. The molecule has 1 amide bonds. The lowest BCUT2D eigenvalue weighted by Crippen LogP contribution is -2.27. The van der Waals surface area contributed by atoms with Crippen molar-refractivity contribution < 1.29 is 9.90 Å². The number of aliphatic hydroxyl groups excluding tert-OH is 1. The SMILES string of the molecule is CCCC(=O)NC(O)=S. The minimum Gasteiger partial charge on any atom is -0.486 e. The lowest BCUT2D eigenvalue weighted by Gasteiger charge is -1.96. The molecule has 0 saturated heterocycles. The van der Waals surface area contributed by atoms with Crippen molar-refractivity contribution in [2.45, 2.75) is 19.8 Å². The normalized spacial score (nSPS) is 8.56. The van der Waals surface area contributed by atoms with Gasteiger partial charge in [-0.2, -0.15) is 0 Å². The average Bonchev–Trinajstić information content (AvgIpc) is 1.63. The number of nitrogens with one attached hydrogen (secondary N) is 1. The second-order valence-electron chi connectivity index (χ2n) is 1.60. The third-order valence-corrected chi connectivity index (χ3v) is 0.825. The summed E-state index contributed by atoms with van der Waals surface area (Å²) in [5, 5.41) is 9.99. The molecule has 0 unspecified atom stereocenters. The van der Waals surface area contributed by atoms with E-state index in [-0.39, 0.29) is 5.91 Å². The molecule has 9 heavy (non-hydrogen) atoms. The number of thiocarbonyl (C=S) groups is 1. The van der Waals surface area contributed by atoms with E-state index >= 15 is 0 Å². The van der Waals surface area contributed by atoms with Crippen molar-refractivity contribution in [3.63, 3.8) is 0 Å². The molecule has 0 aromatic rings. The van der Waals surface area contributed by atoms with Gasteiger partial charge in [0, 0.05) is 6.42 Å². The van der Waals surface area contributed by atoms with Crippen molar-refractivity contribution in [2.24, 2.45) is 0 Å². The monoisotopic (exact) mass is 147 g/mol. The average molecular weight is 147 g/mol. The van der Waals surface area contributed by atoms with Crippen LogP contribution in [-0.2, 0) is 4.79 Å². The Kier molecular flexibility index (Phi) is 3.96. The van der Waals surface area contributed by atoms with E-state index in [2.05, 4.69) is 17.5 Å². The molecule has 4 heteroatoms. The third-order valence-electron chi connectivity index (χ3n) is 0.723. The first-order valence-electron chi connectivity index (χ1n) is 2.69. The fourth-order valence-corrected chi connectivity index (χ4v) is 0.523. The van der Waals surface area contributed by atoms with Gasteiger partial charge in [-0.15, -0.1) is 0 Å². The Hall–Kier alpha value is -0.640. The Balaban J connectivity index is 3.39. The van der Waals surface area contributed by atoms with Crippen LogP contribution in [0.3, 0.4) is 0 Å². The molecule has 0 bridgehead atoms. The number of rotatable bonds is 2. The first-order valence-corrected chi connectivity index (χ1v) is 3.10. The summed E-state index contributed by atoms with van der Waals surface area (Å²) in [7, 11) is 0. The standard InChI is InChI=1S/C5H9NO2S/c1-2-3-4(7)6-5(8)9/h2-3H2,1H3,(H2,6,7,8,9). The third kappa shape index (κ3) is 5.23. The number of hydrogen-bond donors (Lipinski definition) is 2. The molecule has 52 valence electrons. The Morgan fingerprint density at radius 1 is 1.78 bits per heavy atom. The minimum absolute atomic E-state index is 0.231. The van der Waals surface area contributed by atoms with Gasteiger partial charge in [-0.05, 0) is 18.6 Å². The molecule has 0 atom stereocenters. The molecule has 0 radical (unpaired) electrons. The fraction of sp³-hybridized carbons (Fsp3) is 0.600. The van der Waals surface area contributed by atoms with Crippen LogP contribution in [-0.4, -0.2) is 16.2 Å². The van der Waals surface area contributed by atoms with Crippen LogP contribution in [0.2, 0.25) is 0 Å². The van der Waals surface area contributed by atoms with Gasteiger partial charge in [0.05, 0.1) is 0 Å². The summed E-state index contributed by atoms with van der Waals surface area (Å²) in [6, 6.07) is 0. The Morgan fingerprint density at radius 2 is 2.33 bits per heavy atom. The molecule has 0 spiro atoms. The minimum atomic E-state index is -0.451. The van der Waals surface area contributed by atoms with Gasteiger partial charge in [-0.25, -0.2) is 0 Å². The van der Waals surface area contributed by atoms with Crippen LogP contribution in [0.25, 0.3) is 0 Å². The van der Waals surface area contributed by atoms with Crippen LogP contribution in [0, 0.1) is 0 Å². The Bertz CT molecular complexity index is 124. The van der Waals surface area contributed by atoms with Gasteiger partial charge >= 0.3 is 0 Å². The molecular weight excluding hydrogens is 138 g/mol. The Morgan fingerprint density at radius 3 is 2.67 bits per heavy atom. The highest BCUT2D eigenvalue weighted by atomic mass is 32.1. The predicted octanol–water partition coefficient (Wildman–Crippen LogP) is 0.746. The molecule has 3 nitrogen and oxygen atoms in total. The summed E-state index contributed by atoms with van der Waals surface area (Å²) < 4.78 is 0. The predicted molar refractivity (Wildman–Crippen MR) is 38.3 cm³/mol. The highest BCUT2D eigenvalue weighted by molar-refractivity contribution is 7.80. The molecular formula is C5H9NO2S. The summed E-state index contributed by atoms with van der Waals surface area (Å²) in [6.07, 6.45) is 1.16. The van der Waals surface area contributed by atoms with E-state index in [9.17, 15) is 4.79 Å². The molecule has 0 aliphatic carbocycles. The maximum Gasteiger partial charge on any atom is 0.260 e. The van der Waals surface area contributed by atoms with Gasteiger partial charge in [0.1, 0.15) is 0 Å². The van der Waals surface area contributed by atoms with E-state index in [0.717, 1.165) is 6.42 Å². The van der Waals surface area contributed by atoms with E-state index in [1.807, 2.05) is 6.92 Å². The highest BCUT2D eigenvalue weighted by Gasteiger charge is 1.98. The van der Waals surface area contributed by atoms with Crippen LogP contribution < -0.4 is 5.32 Å². The highest BCUT2D eigenvalue weighted by Crippen LogP contribution is 1.84. The smallest absolute Gasteiger partial charge is 0.260 e. The van der Waals surface area contributed by atoms with Gasteiger partial charge < -0.3 is 5.11 Å². The van der Waals surface area contributed by atoms with Crippen molar-refractivity contribution >= 4 is 23.3 Å². The number of carbonyl (C=O) groups is 1. The number of amides is 1. The molecule has 0 saturated carbocycles. The number of hydrogen-bond acceptors (Lipinski definition) is 2. The molecule has 0 aliphatic rings. The van der Waals surface area contributed by atoms with Crippen molar-refractivity contribution in [3.05, 3.63) is 0 Å². The topological polar surface area (TPSA) is 49.3 Å². The van der Waals surface area contributed by atoms with E-state index in [4.69, 9.17) is 5.11 Å². The van der Waals surface area contributed by atoms with Crippen molar-refractivity contribution in [3.8, 4) is 0 Å². The molecule has 0 aromatic heterocycles. The summed E-state index contributed by atoms with van der Waals surface area (Å²) in [4.78, 5) is 10.5. The zero-order chi connectivity index (χ0) is 7.28. The molecule has 0 aliphatic heterocycles. The van der Waals surface area contributed by atoms with E-state index < -0.39 is 5.17 Å². The lowest BCUT2D eigenvalue weighted by molar-refractivity contribution is -0.119. The first-order chi connectivity index (χ1) is 4.16. The molecule has 0 rings (SSSR count). The van der Waals surface area contributed by atoms with Crippen molar-refractivity contribution in [1.82, 2.24) is 5.32 Å². The quantitative estimate of drug-likeness (QED) is 0.566. The second kappa shape index (κ2) is 4.26. The second-order valence-corrected chi connectivity index (χ2v) is 1.99. The van der Waals surface area contributed by atoms with E-state index in [0.29, 0.717) is 6.42 Å². The van der Waals surface area contributed by atoms with Crippen LogP contribution >= 0.6 is 12.2 Å². The molecule has 2 N–H and O–H groups in total. The maximum atomic E-state index is 10.5. The zero-order valence-electron chi connectivity index (χ0n) is 5.18. The summed E-state index contributed by atoms with van der Waals surface area (Å²) >= 11 is 4.21. The maximum absolute atomic E-state index is 10.5. The Labute approximate surface area is 59.1 Å².